The van der Waals surface area contributed by atoms with Gasteiger partial charge in [-0.3, -0.25) is 14.9 Å². The van der Waals surface area contributed by atoms with Crippen molar-refractivity contribution in [2.24, 2.45) is 0 Å². The van der Waals surface area contributed by atoms with Crippen molar-refractivity contribution in [1.82, 2.24) is 0 Å². The van der Waals surface area contributed by atoms with Crippen molar-refractivity contribution in [1.29, 1.82) is 0 Å². The molecule has 0 fully saturated rings. The zero-order chi connectivity index (χ0) is 11.1. The van der Waals surface area contributed by atoms with E-state index >= 15 is 0 Å². The Morgan fingerprint density at radius 1 is 1.43 bits per heavy atom. The van der Waals surface area contributed by atoms with Gasteiger partial charge in [0.05, 0.1) is 4.92 Å². The number of nitro groups is 1. The number of hydrogen-bond acceptors (Lipinski definition) is 3. The quantitative estimate of drug-likeness (QED) is 0.417. The molecule has 4 nitrogen and oxygen atoms in total. The highest BCUT2D eigenvalue weighted by atomic mass is 19.1. The Morgan fingerprint density at radius 3 is 2.36 bits per heavy atom. The SMILES string of the molecule is CC.O=Cc1ccc([N+](=O)[O-])c(F)c1. The summed E-state index contributed by atoms with van der Waals surface area (Å²) >= 11 is 0. The fourth-order valence-electron chi connectivity index (χ4n) is 0.745. The fraction of sp³-hybridized carbons (Fsp3) is 0.222. The average Bonchev–Trinajstić information content (AvgIpc) is 2.20. The summed E-state index contributed by atoms with van der Waals surface area (Å²) in [5.41, 5.74) is -0.543. The predicted molar refractivity (Wildman–Crippen MR) is 49.8 cm³/mol. The molecule has 0 bridgehead atoms. The number of aldehydes is 1. The summed E-state index contributed by atoms with van der Waals surface area (Å²) < 4.78 is 12.7. The summed E-state index contributed by atoms with van der Waals surface area (Å²) in [7, 11) is 0. The lowest BCUT2D eigenvalue weighted by Crippen LogP contribution is -1.93. The van der Waals surface area contributed by atoms with Crippen LogP contribution in [-0.2, 0) is 0 Å². The van der Waals surface area contributed by atoms with Crippen molar-refractivity contribution in [3.05, 3.63) is 39.7 Å². The van der Waals surface area contributed by atoms with E-state index in [0.29, 0.717) is 6.29 Å². The van der Waals surface area contributed by atoms with E-state index in [1.807, 2.05) is 13.8 Å². The summed E-state index contributed by atoms with van der Waals surface area (Å²) in [6.07, 6.45) is 0.423. The molecule has 0 N–H and O–H groups in total. The Bertz CT molecular complexity index is 339. The zero-order valence-electron chi connectivity index (χ0n) is 7.86. The number of carbonyl (C=O) groups is 1. The second kappa shape index (κ2) is 5.80. The number of nitrogens with zero attached hydrogens (tertiary/aromatic N) is 1. The molecule has 0 saturated carbocycles. The molecule has 0 unspecified atom stereocenters. The smallest absolute Gasteiger partial charge is 0.298 e. The first-order chi connectivity index (χ1) is 6.65. The van der Waals surface area contributed by atoms with Crippen molar-refractivity contribution in [3.8, 4) is 0 Å². The molecule has 76 valence electrons. The van der Waals surface area contributed by atoms with Crippen LogP contribution in [0.1, 0.15) is 24.2 Å². The molecule has 0 heterocycles. The van der Waals surface area contributed by atoms with Gasteiger partial charge in [-0.1, -0.05) is 13.8 Å². The van der Waals surface area contributed by atoms with Crippen molar-refractivity contribution >= 4 is 12.0 Å². The lowest BCUT2D eigenvalue weighted by molar-refractivity contribution is -0.387. The molecule has 5 heteroatoms. The van der Waals surface area contributed by atoms with Gasteiger partial charge in [0.15, 0.2) is 0 Å². The Kier molecular flexibility index (Phi) is 5.06. The van der Waals surface area contributed by atoms with E-state index < -0.39 is 16.4 Å². The van der Waals surface area contributed by atoms with E-state index in [2.05, 4.69) is 0 Å². The molecule has 0 atom stereocenters. The fourth-order valence-corrected chi connectivity index (χ4v) is 0.745. The number of halogens is 1. The third-order valence-electron chi connectivity index (χ3n) is 1.30. The van der Waals surface area contributed by atoms with Crippen LogP contribution in [0, 0.1) is 15.9 Å². The first-order valence-corrected chi connectivity index (χ1v) is 4.04. The minimum absolute atomic E-state index is 0.0816. The molecule has 0 amide bonds. The summed E-state index contributed by atoms with van der Waals surface area (Å²) in [6.45, 7) is 4.00. The summed E-state index contributed by atoms with van der Waals surface area (Å²) in [6, 6.07) is 2.97. The molecule has 1 aromatic rings. The van der Waals surface area contributed by atoms with Gasteiger partial charge in [-0.15, -0.1) is 0 Å². The lowest BCUT2D eigenvalue weighted by Gasteiger charge is -1.93. The number of rotatable bonds is 2. The van der Waals surface area contributed by atoms with Crippen molar-refractivity contribution in [2.75, 3.05) is 0 Å². The summed E-state index contributed by atoms with van der Waals surface area (Å²) in [5, 5.41) is 10.1. The minimum atomic E-state index is -0.996. The van der Waals surface area contributed by atoms with Crippen LogP contribution in [-0.4, -0.2) is 11.2 Å². The van der Waals surface area contributed by atoms with E-state index in [1.165, 1.54) is 6.07 Å². The molecule has 0 aliphatic rings. The van der Waals surface area contributed by atoms with Crippen LogP contribution in [0.5, 0.6) is 0 Å². The number of nitro benzene ring substituents is 1. The zero-order valence-corrected chi connectivity index (χ0v) is 7.86. The van der Waals surface area contributed by atoms with Gasteiger partial charge in [0, 0.05) is 11.6 Å². The third-order valence-corrected chi connectivity index (χ3v) is 1.30. The number of carbonyl (C=O) groups excluding carboxylic acids is 1. The molecule has 0 saturated heterocycles. The maximum atomic E-state index is 12.7. The maximum Gasteiger partial charge on any atom is 0.304 e. The van der Waals surface area contributed by atoms with Crippen LogP contribution in [0.3, 0.4) is 0 Å². The van der Waals surface area contributed by atoms with Gasteiger partial charge >= 0.3 is 5.69 Å². The van der Waals surface area contributed by atoms with Gasteiger partial charge in [-0.25, -0.2) is 0 Å². The third kappa shape index (κ3) is 2.93. The molecule has 0 aliphatic carbocycles. The number of benzene rings is 1. The average molecular weight is 199 g/mol. The standard InChI is InChI=1S/C7H4FNO3.C2H6/c8-6-3-5(4-10)1-2-7(6)9(11)12;1-2/h1-4H;1-2H3. The first-order valence-electron chi connectivity index (χ1n) is 4.04. The molecule has 0 aliphatic heterocycles. The normalized spacial score (nSPS) is 8.50. The predicted octanol–water partition coefficient (Wildman–Crippen LogP) is 2.57. The van der Waals surface area contributed by atoms with Gasteiger partial charge in [-0.2, -0.15) is 4.39 Å². The van der Waals surface area contributed by atoms with Gasteiger partial charge in [0.1, 0.15) is 6.29 Å². The molecular weight excluding hydrogens is 189 g/mol. The van der Waals surface area contributed by atoms with E-state index in [0.717, 1.165) is 12.1 Å². The molecular formula is C9H10FNO3. The van der Waals surface area contributed by atoms with Crippen LogP contribution in [0.25, 0.3) is 0 Å². The Labute approximate surface area is 80.5 Å². The molecule has 1 aromatic carbocycles. The van der Waals surface area contributed by atoms with Gasteiger partial charge in [0.2, 0.25) is 5.82 Å². The highest BCUT2D eigenvalue weighted by Gasteiger charge is 2.12. The van der Waals surface area contributed by atoms with E-state index in [1.54, 1.807) is 0 Å². The monoisotopic (exact) mass is 199 g/mol. The van der Waals surface area contributed by atoms with Crippen LogP contribution >= 0.6 is 0 Å². The molecule has 0 aromatic heterocycles. The number of hydrogen-bond donors (Lipinski definition) is 0. The van der Waals surface area contributed by atoms with Crippen molar-refractivity contribution in [3.63, 3.8) is 0 Å². The van der Waals surface area contributed by atoms with Crippen LogP contribution < -0.4 is 0 Å². The summed E-state index contributed by atoms with van der Waals surface area (Å²) in [5.74, 6) is -0.996. The van der Waals surface area contributed by atoms with E-state index in [9.17, 15) is 19.3 Å². The van der Waals surface area contributed by atoms with Gasteiger partial charge in [0.25, 0.3) is 0 Å². The van der Waals surface area contributed by atoms with Gasteiger partial charge < -0.3 is 0 Å². The van der Waals surface area contributed by atoms with Crippen LogP contribution in [0.4, 0.5) is 10.1 Å². The van der Waals surface area contributed by atoms with Crippen molar-refractivity contribution < 1.29 is 14.1 Å². The highest BCUT2D eigenvalue weighted by Crippen LogP contribution is 2.16. The minimum Gasteiger partial charge on any atom is -0.298 e. The first kappa shape index (κ1) is 12.2. The van der Waals surface area contributed by atoms with E-state index in [4.69, 9.17) is 0 Å². The maximum absolute atomic E-state index is 12.7. The summed E-state index contributed by atoms with van der Waals surface area (Å²) in [4.78, 5) is 19.4. The van der Waals surface area contributed by atoms with Gasteiger partial charge in [-0.05, 0) is 12.1 Å². The topological polar surface area (TPSA) is 60.2 Å². The molecule has 14 heavy (non-hydrogen) atoms. The second-order valence-electron chi connectivity index (χ2n) is 2.09. The molecule has 0 spiro atoms. The highest BCUT2D eigenvalue weighted by molar-refractivity contribution is 5.75. The Balaban J connectivity index is 0.000000791. The second-order valence-corrected chi connectivity index (χ2v) is 2.09. The molecule has 0 radical (unpaired) electrons. The largest absolute Gasteiger partial charge is 0.304 e. The van der Waals surface area contributed by atoms with Crippen LogP contribution in [0.2, 0.25) is 0 Å². The lowest BCUT2D eigenvalue weighted by atomic mass is 10.2. The molecule has 1 rings (SSSR count). The van der Waals surface area contributed by atoms with Crippen molar-refractivity contribution in [2.45, 2.75) is 13.8 Å². The van der Waals surface area contributed by atoms with E-state index in [-0.39, 0.29) is 5.56 Å². The Morgan fingerprint density at radius 2 is 2.00 bits per heavy atom. The Hall–Kier alpha value is -1.78. The van der Waals surface area contributed by atoms with Crippen LogP contribution in [0.15, 0.2) is 18.2 Å².